The monoisotopic (exact) mass is 141 g/mol. The Hall–Kier alpha value is -0.830. The largest absolute Gasteiger partial charge is 0.370 e. The molecule has 3 heteroatoms. The van der Waals surface area contributed by atoms with E-state index in [0.717, 1.165) is 0 Å². The van der Waals surface area contributed by atoms with Crippen molar-refractivity contribution < 1.29 is 9.53 Å². The topological polar surface area (TPSA) is 29.5 Å². The molecular formula is C7H11NO2. The van der Waals surface area contributed by atoms with E-state index in [1.54, 1.807) is 11.0 Å². The molecule has 0 aromatic rings. The summed E-state index contributed by atoms with van der Waals surface area (Å²) in [6.45, 7) is 5.78. The van der Waals surface area contributed by atoms with Gasteiger partial charge in [-0.05, 0) is 0 Å². The SMILES string of the molecule is C=CCN1CCOCC1=O. The van der Waals surface area contributed by atoms with Crippen LogP contribution in [-0.2, 0) is 9.53 Å². The predicted octanol–water partition coefficient (Wildman–Crippen LogP) is 0.0312. The Balaban J connectivity index is 2.39. The minimum absolute atomic E-state index is 0.0613. The van der Waals surface area contributed by atoms with Gasteiger partial charge in [-0.1, -0.05) is 6.08 Å². The van der Waals surface area contributed by atoms with E-state index in [-0.39, 0.29) is 12.5 Å². The number of hydrogen-bond donors (Lipinski definition) is 0. The molecule has 56 valence electrons. The first-order chi connectivity index (χ1) is 4.84. The third-order valence-corrected chi connectivity index (χ3v) is 1.43. The minimum Gasteiger partial charge on any atom is -0.370 e. The van der Waals surface area contributed by atoms with Crippen LogP contribution in [0.4, 0.5) is 0 Å². The first kappa shape index (κ1) is 7.28. The molecule has 0 aromatic heterocycles. The highest BCUT2D eigenvalue weighted by molar-refractivity contribution is 5.78. The molecule has 1 saturated heterocycles. The fourth-order valence-electron chi connectivity index (χ4n) is 0.899. The number of rotatable bonds is 2. The average molecular weight is 141 g/mol. The van der Waals surface area contributed by atoms with Crippen LogP contribution in [0.1, 0.15) is 0 Å². The van der Waals surface area contributed by atoms with Crippen molar-refractivity contribution in [2.75, 3.05) is 26.3 Å². The normalized spacial score (nSPS) is 19.2. The van der Waals surface area contributed by atoms with E-state index < -0.39 is 0 Å². The molecule has 0 saturated carbocycles. The fraction of sp³-hybridized carbons (Fsp3) is 0.571. The van der Waals surface area contributed by atoms with Crippen molar-refractivity contribution in [1.29, 1.82) is 0 Å². The Morgan fingerprint density at radius 2 is 2.60 bits per heavy atom. The first-order valence-electron chi connectivity index (χ1n) is 3.31. The molecule has 10 heavy (non-hydrogen) atoms. The number of hydrogen-bond acceptors (Lipinski definition) is 2. The van der Waals surface area contributed by atoms with Gasteiger partial charge in [0.25, 0.3) is 0 Å². The molecule has 0 unspecified atom stereocenters. The molecule has 1 fully saturated rings. The van der Waals surface area contributed by atoms with Crippen molar-refractivity contribution in [3.05, 3.63) is 12.7 Å². The third kappa shape index (κ3) is 1.57. The second-order valence-electron chi connectivity index (χ2n) is 2.18. The van der Waals surface area contributed by atoms with E-state index in [4.69, 9.17) is 4.74 Å². The molecule has 0 spiro atoms. The average Bonchev–Trinajstić information content (AvgIpc) is 1.94. The molecular weight excluding hydrogens is 130 g/mol. The zero-order valence-electron chi connectivity index (χ0n) is 5.88. The van der Waals surface area contributed by atoms with Gasteiger partial charge < -0.3 is 9.64 Å². The summed E-state index contributed by atoms with van der Waals surface area (Å²) in [5.74, 6) is 0.0613. The molecule has 1 aliphatic heterocycles. The minimum atomic E-state index is 0.0613. The summed E-state index contributed by atoms with van der Waals surface area (Å²) in [4.78, 5) is 12.7. The van der Waals surface area contributed by atoms with Gasteiger partial charge in [0.2, 0.25) is 5.91 Å². The van der Waals surface area contributed by atoms with Crippen LogP contribution >= 0.6 is 0 Å². The number of amides is 1. The Bertz CT molecular complexity index is 145. The third-order valence-electron chi connectivity index (χ3n) is 1.43. The maximum absolute atomic E-state index is 10.9. The number of carbonyl (C=O) groups is 1. The highest BCUT2D eigenvalue weighted by Gasteiger charge is 2.15. The number of nitrogens with zero attached hydrogens (tertiary/aromatic N) is 1. The predicted molar refractivity (Wildman–Crippen MR) is 37.6 cm³/mol. The molecule has 0 N–H and O–H groups in total. The highest BCUT2D eigenvalue weighted by atomic mass is 16.5. The van der Waals surface area contributed by atoms with E-state index in [1.807, 2.05) is 0 Å². The van der Waals surface area contributed by atoms with Gasteiger partial charge in [0.05, 0.1) is 6.61 Å². The van der Waals surface area contributed by atoms with Gasteiger partial charge in [0.15, 0.2) is 0 Å². The van der Waals surface area contributed by atoms with Crippen molar-refractivity contribution >= 4 is 5.91 Å². The Labute approximate surface area is 60.3 Å². The fourth-order valence-corrected chi connectivity index (χ4v) is 0.899. The van der Waals surface area contributed by atoms with Gasteiger partial charge in [0.1, 0.15) is 6.61 Å². The highest BCUT2D eigenvalue weighted by Crippen LogP contribution is 1.97. The molecule has 0 radical (unpaired) electrons. The van der Waals surface area contributed by atoms with Crippen LogP contribution in [0.2, 0.25) is 0 Å². The van der Waals surface area contributed by atoms with Crippen LogP contribution in [0.25, 0.3) is 0 Å². The number of morpholine rings is 1. The molecule has 1 aliphatic rings. The van der Waals surface area contributed by atoms with Gasteiger partial charge >= 0.3 is 0 Å². The summed E-state index contributed by atoms with van der Waals surface area (Å²) < 4.78 is 4.93. The van der Waals surface area contributed by atoms with Crippen LogP contribution in [0.5, 0.6) is 0 Å². The molecule has 3 nitrogen and oxygen atoms in total. The van der Waals surface area contributed by atoms with E-state index in [1.165, 1.54) is 0 Å². The van der Waals surface area contributed by atoms with Gasteiger partial charge in [-0.2, -0.15) is 0 Å². The second-order valence-corrected chi connectivity index (χ2v) is 2.18. The Morgan fingerprint density at radius 3 is 3.20 bits per heavy atom. The summed E-state index contributed by atoms with van der Waals surface area (Å²) >= 11 is 0. The summed E-state index contributed by atoms with van der Waals surface area (Å²) in [5.41, 5.74) is 0. The van der Waals surface area contributed by atoms with E-state index in [9.17, 15) is 4.79 Å². The van der Waals surface area contributed by atoms with Gasteiger partial charge in [-0.25, -0.2) is 0 Å². The van der Waals surface area contributed by atoms with E-state index >= 15 is 0 Å². The van der Waals surface area contributed by atoms with Gasteiger partial charge in [0, 0.05) is 13.1 Å². The van der Waals surface area contributed by atoms with E-state index in [0.29, 0.717) is 19.7 Å². The summed E-state index contributed by atoms with van der Waals surface area (Å²) in [7, 11) is 0. The van der Waals surface area contributed by atoms with Crippen LogP contribution < -0.4 is 0 Å². The Kier molecular flexibility index (Phi) is 2.45. The molecule has 0 bridgehead atoms. The maximum Gasteiger partial charge on any atom is 0.248 e. The second kappa shape index (κ2) is 3.37. The van der Waals surface area contributed by atoms with Crippen LogP contribution in [0.3, 0.4) is 0 Å². The lowest BCUT2D eigenvalue weighted by Gasteiger charge is -2.25. The number of ether oxygens (including phenoxy) is 1. The van der Waals surface area contributed by atoms with Crippen molar-refractivity contribution in [3.63, 3.8) is 0 Å². The Morgan fingerprint density at radius 1 is 1.80 bits per heavy atom. The molecule has 0 aromatic carbocycles. The molecule has 1 heterocycles. The first-order valence-corrected chi connectivity index (χ1v) is 3.31. The lowest BCUT2D eigenvalue weighted by atomic mass is 10.4. The molecule has 1 rings (SSSR count). The van der Waals surface area contributed by atoms with Gasteiger partial charge in [-0.3, -0.25) is 4.79 Å². The molecule has 0 aliphatic carbocycles. The van der Waals surface area contributed by atoms with Gasteiger partial charge in [-0.15, -0.1) is 6.58 Å². The van der Waals surface area contributed by atoms with Crippen LogP contribution in [0, 0.1) is 0 Å². The maximum atomic E-state index is 10.9. The van der Waals surface area contributed by atoms with Crippen molar-refractivity contribution in [2.45, 2.75) is 0 Å². The quantitative estimate of drug-likeness (QED) is 0.508. The van der Waals surface area contributed by atoms with Crippen molar-refractivity contribution in [1.82, 2.24) is 4.90 Å². The summed E-state index contributed by atoms with van der Waals surface area (Å²) in [6, 6.07) is 0. The zero-order valence-corrected chi connectivity index (χ0v) is 5.88. The van der Waals surface area contributed by atoms with E-state index in [2.05, 4.69) is 6.58 Å². The zero-order chi connectivity index (χ0) is 7.40. The lowest BCUT2D eigenvalue weighted by Crippen LogP contribution is -2.41. The molecule has 0 atom stereocenters. The summed E-state index contributed by atoms with van der Waals surface area (Å²) in [5, 5.41) is 0. The van der Waals surface area contributed by atoms with Crippen LogP contribution in [0.15, 0.2) is 12.7 Å². The standard InChI is InChI=1S/C7H11NO2/c1-2-3-8-4-5-10-6-7(8)9/h2H,1,3-6H2. The van der Waals surface area contributed by atoms with Crippen LogP contribution in [-0.4, -0.2) is 37.1 Å². The number of carbonyl (C=O) groups excluding carboxylic acids is 1. The molecule has 1 amide bonds. The lowest BCUT2D eigenvalue weighted by molar-refractivity contribution is -0.141. The summed E-state index contributed by atoms with van der Waals surface area (Å²) in [6.07, 6.45) is 1.73. The smallest absolute Gasteiger partial charge is 0.248 e. The van der Waals surface area contributed by atoms with Crippen molar-refractivity contribution in [3.8, 4) is 0 Å². The van der Waals surface area contributed by atoms with Crippen molar-refractivity contribution in [2.24, 2.45) is 0 Å².